The monoisotopic (exact) mass is 1090 g/mol. The Labute approximate surface area is 494 Å². The molecule has 0 radical (unpaired) electrons. The molecule has 0 bridgehead atoms. The molecule has 4 aliphatic heterocycles. The lowest BCUT2D eigenvalue weighted by molar-refractivity contribution is 1.16. The van der Waals surface area contributed by atoms with Crippen LogP contribution in [0.4, 0.5) is 34.1 Å². The maximum Gasteiger partial charge on any atom is 0.252 e. The molecule has 0 saturated heterocycles. The van der Waals surface area contributed by atoms with Crippen molar-refractivity contribution >= 4 is 168 Å². The van der Waals surface area contributed by atoms with Gasteiger partial charge in [0, 0.05) is 100.0 Å². The van der Waals surface area contributed by atoms with Gasteiger partial charge in [-0.15, -0.1) is 0 Å². The van der Waals surface area contributed by atoms with Crippen molar-refractivity contribution in [1.82, 2.24) is 18.3 Å². The summed E-state index contributed by atoms with van der Waals surface area (Å²) in [6.45, 7) is 0.00438. The van der Waals surface area contributed by atoms with E-state index >= 15 is 0 Å². The molecule has 13 aromatic carbocycles. The van der Waals surface area contributed by atoms with Crippen LogP contribution in [0.15, 0.2) is 279 Å². The average molecular weight is 1090 g/mol. The van der Waals surface area contributed by atoms with Crippen molar-refractivity contribution in [3.05, 3.63) is 279 Å². The highest BCUT2D eigenvalue weighted by Crippen LogP contribution is 2.48. The Morgan fingerprint density at radius 3 is 0.977 bits per heavy atom. The molecule has 8 heteroatoms. The molecule has 8 heterocycles. The van der Waals surface area contributed by atoms with E-state index in [-0.39, 0.29) is 13.4 Å². The summed E-state index contributed by atoms with van der Waals surface area (Å²) in [7, 11) is 0. The molecule has 0 unspecified atom stereocenters. The summed E-state index contributed by atoms with van der Waals surface area (Å²) >= 11 is 0. The summed E-state index contributed by atoms with van der Waals surface area (Å²) in [6, 6.07) is 105. The van der Waals surface area contributed by atoms with E-state index in [1.54, 1.807) is 0 Å². The molecule has 0 amide bonds. The molecule has 0 spiro atoms. The fraction of sp³-hybridized carbons (Fsp3) is 0. The third-order valence-corrected chi connectivity index (χ3v) is 19.9. The van der Waals surface area contributed by atoms with Crippen molar-refractivity contribution < 1.29 is 0 Å². The first-order chi connectivity index (χ1) is 42.7. The Balaban J connectivity index is 0.812. The molecule has 0 N–H and O–H groups in total. The molecule has 4 aliphatic rings. The highest BCUT2D eigenvalue weighted by atomic mass is 15.2. The fourth-order valence-corrected chi connectivity index (χ4v) is 16.6. The van der Waals surface area contributed by atoms with Gasteiger partial charge in [0.25, 0.3) is 13.4 Å². The number of para-hydroxylation sites is 8. The highest BCUT2D eigenvalue weighted by Gasteiger charge is 2.45. The van der Waals surface area contributed by atoms with Crippen LogP contribution in [0, 0.1) is 0 Å². The predicted molar refractivity (Wildman–Crippen MR) is 362 cm³/mol. The standard InChI is InChI=1S/C78H46B2N6/c1-3-19-47(20-4-1)81-69-41-37-55-57-45-58-56-38-42-70-76-78(56)86(68-34-18-12-28-60(68)80(76)62-40-36-50(44-74(62)82(70)48-21-5-2-6-22-48)84-65-31-15-9-25-53(65)54-26-10-16-32-66(54)84)72(58)46-71(57)85-67-33-17-11-27-59(67)79(75(69)77(55)85)61-39-35-49(43-73(61)81)83-63-29-13-7-23-51(63)52-24-8-14-30-64(52)83/h1-46H. The van der Waals surface area contributed by atoms with Gasteiger partial charge in [-0.1, -0.05) is 170 Å². The normalized spacial score (nSPS) is 13.5. The van der Waals surface area contributed by atoms with E-state index in [1.807, 2.05) is 0 Å². The number of nitrogens with zero attached hydrogens (tertiary/aromatic N) is 6. The van der Waals surface area contributed by atoms with Crippen molar-refractivity contribution in [3.63, 3.8) is 0 Å². The maximum atomic E-state index is 2.62. The van der Waals surface area contributed by atoms with Gasteiger partial charge in [0.15, 0.2) is 0 Å². The average Bonchev–Trinajstić information content (AvgIpc) is 1.44. The van der Waals surface area contributed by atoms with Crippen LogP contribution in [-0.2, 0) is 0 Å². The molecular formula is C78H46B2N6. The van der Waals surface area contributed by atoms with Gasteiger partial charge in [0.05, 0.1) is 44.1 Å². The third-order valence-electron chi connectivity index (χ3n) is 19.9. The second-order valence-electron chi connectivity index (χ2n) is 23.9. The van der Waals surface area contributed by atoms with Gasteiger partial charge in [0.2, 0.25) is 0 Å². The van der Waals surface area contributed by atoms with Crippen LogP contribution < -0.4 is 42.6 Å². The first-order valence-electron chi connectivity index (χ1n) is 30.0. The molecule has 4 aromatic heterocycles. The van der Waals surface area contributed by atoms with Crippen LogP contribution in [0.5, 0.6) is 0 Å². The number of aromatic nitrogens is 4. The van der Waals surface area contributed by atoms with E-state index < -0.39 is 0 Å². The van der Waals surface area contributed by atoms with Crippen LogP contribution in [0.2, 0.25) is 0 Å². The number of hydrogen-bond donors (Lipinski definition) is 0. The summed E-state index contributed by atoms with van der Waals surface area (Å²) in [5.74, 6) is 0. The molecule has 21 rings (SSSR count). The Hall–Kier alpha value is -11.2. The van der Waals surface area contributed by atoms with Gasteiger partial charge in [-0.25, -0.2) is 0 Å². The summed E-state index contributed by atoms with van der Waals surface area (Å²) in [5.41, 5.74) is 29.6. The van der Waals surface area contributed by atoms with E-state index in [4.69, 9.17) is 0 Å². The van der Waals surface area contributed by atoms with Gasteiger partial charge < -0.3 is 28.1 Å². The van der Waals surface area contributed by atoms with Crippen LogP contribution >= 0.6 is 0 Å². The van der Waals surface area contributed by atoms with Crippen molar-refractivity contribution in [2.75, 3.05) is 9.80 Å². The predicted octanol–water partition coefficient (Wildman–Crippen LogP) is 15.3. The molecule has 394 valence electrons. The minimum absolute atomic E-state index is 0.00219. The van der Waals surface area contributed by atoms with E-state index in [0.717, 1.165) is 22.7 Å². The molecule has 17 aromatic rings. The van der Waals surface area contributed by atoms with Gasteiger partial charge >= 0.3 is 0 Å². The van der Waals surface area contributed by atoms with E-state index in [1.165, 1.54) is 154 Å². The maximum absolute atomic E-state index is 2.62. The zero-order valence-corrected chi connectivity index (χ0v) is 46.4. The van der Waals surface area contributed by atoms with Crippen LogP contribution in [0.25, 0.3) is 110 Å². The molecule has 86 heavy (non-hydrogen) atoms. The zero-order valence-electron chi connectivity index (χ0n) is 46.4. The number of hydrogen-bond acceptors (Lipinski definition) is 2. The minimum atomic E-state index is 0.00219. The quantitative estimate of drug-likeness (QED) is 0.164. The summed E-state index contributed by atoms with van der Waals surface area (Å²) in [5, 5.41) is 10.1. The molecular weight excluding hydrogens is 1040 g/mol. The SMILES string of the molecule is c1ccc(N2c3cc(-n4c5ccccc5c5ccccc54)ccc3B3c4ccccc4-n4c5cc6c(cc5c5ccc2c3c54)c2ccc3c4c2n6-c2ccccc2B4c2ccc(-n4c5ccccc5c5ccccc54)cc2N3c2ccccc2)cc1. The number of fused-ring (bicyclic) bond motifs is 22. The lowest BCUT2D eigenvalue weighted by Crippen LogP contribution is -2.60. The first-order valence-corrected chi connectivity index (χ1v) is 30.0. The second kappa shape index (κ2) is 16.3. The summed E-state index contributed by atoms with van der Waals surface area (Å²) in [6.07, 6.45) is 0. The van der Waals surface area contributed by atoms with Crippen LogP contribution in [-0.4, -0.2) is 31.7 Å². The molecule has 0 saturated carbocycles. The van der Waals surface area contributed by atoms with Gasteiger partial charge in [-0.3, -0.25) is 0 Å². The van der Waals surface area contributed by atoms with Gasteiger partial charge in [-0.05, 0) is 142 Å². The van der Waals surface area contributed by atoms with Crippen LogP contribution in [0.1, 0.15) is 0 Å². The number of rotatable bonds is 4. The fourth-order valence-electron chi connectivity index (χ4n) is 16.6. The van der Waals surface area contributed by atoms with Crippen LogP contribution in [0.3, 0.4) is 0 Å². The molecule has 0 aliphatic carbocycles. The topological polar surface area (TPSA) is 26.2 Å². The van der Waals surface area contributed by atoms with E-state index in [9.17, 15) is 0 Å². The van der Waals surface area contributed by atoms with E-state index in [2.05, 4.69) is 307 Å². The number of benzene rings is 13. The minimum Gasteiger partial charge on any atom is -0.311 e. The first kappa shape index (κ1) is 45.3. The molecule has 0 fully saturated rings. The van der Waals surface area contributed by atoms with Gasteiger partial charge in [0.1, 0.15) is 0 Å². The largest absolute Gasteiger partial charge is 0.311 e. The van der Waals surface area contributed by atoms with Crippen molar-refractivity contribution in [1.29, 1.82) is 0 Å². The summed E-state index contributed by atoms with van der Waals surface area (Å²) < 4.78 is 10.1. The number of anilines is 6. The Bertz CT molecular complexity index is 5420. The van der Waals surface area contributed by atoms with Crippen molar-refractivity contribution in [2.24, 2.45) is 0 Å². The smallest absolute Gasteiger partial charge is 0.252 e. The van der Waals surface area contributed by atoms with E-state index in [0.29, 0.717) is 0 Å². The summed E-state index contributed by atoms with van der Waals surface area (Å²) in [4.78, 5) is 5.08. The van der Waals surface area contributed by atoms with Crippen molar-refractivity contribution in [2.45, 2.75) is 0 Å². The second-order valence-corrected chi connectivity index (χ2v) is 23.9. The Morgan fingerprint density at radius 1 is 0.198 bits per heavy atom. The third kappa shape index (κ3) is 5.60. The highest BCUT2D eigenvalue weighted by molar-refractivity contribution is 7.01. The van der Waals surface area contributed by atoms with Gasteiger partial charge in [-0.2, -0.15) is 0 Å². The Morgan fingerprint density at radius 2 is 0.558 bits per heavy atom. The molecule has 0 atom stereocenters. The lowest BCUT2D eigenvalue weighted by Gasteiger charge is -2.40. The Kier molecular flexibility index (Phi) is 8.60. The lowest BCUT2D eigenvalue weighted by atomic mass is 9.34. The zero-order chi connectivity index (χ0) is 55.6. The molecule has 6 nitrogen and oxygen atoms in total. The van der Waals surface area contributed by atoms with Crippen molar-refractivity contribution in [3.8, 4) is 22.7 Å².